The predicted molar refractivity (Wildman–Crippen MR) is 124 cm³/mol. The van der Waals surface area contributed by atoms with Crippen molar-refractivity contribution >= 4 is 44.6 Å². The fourth-order valence-corrected chi connectivity index (χ4v) is 3.52. The van der Waals surface area contributed by atoms with Crippen molar-refractivity contribution in [1.29, 1.82) is 0 Å². The fraction of sp³-hybridized carbons (Fsp3) is 0.0952. The van der Waals surface area contributed by atoms with E-state index in [1.54, 1.807) is 30.3 Å². The Hall–Kier alpha value is -3.67. The number of ether oxygens (including phenoxy) is 1. The molecule has 0 aromatic heterocycles. The van der Waals surface area contributed by atoms with Crippen LogP contribution in [0.4, 0.5) is 17.1 Å². The largest absolute Gasteiger partial charge is 0.455 e. The van der Waals surface area contributed by atoms with Crippen molar-refractivity contribution in [1.82, 2.24) is 0 Å². The average molecular weight is 491 g/mol. The van der Waals surface area contributed by atoms with E-state index in [0.29, 0.717) is 22.2 Å². The van der Waals surface area contributed by atoms with Gasteiger partial charge in [0, 0.05) is 24.1 Å². The zero-order chi connectivity index (χ0) is 24.0. The molecule has 3 aromatic rings. The zero-order valence-electron chi connectivity index (χ0n) is 17.0. The number of nitro groups is 1. The summed E-state index contributed by atoms with van der Waals surface area (Å²) in [7, 11) is -4.09. The Morgan fingerprint density at radius 3 is 2.45 bits per heavy atom. The van der Waals surface area contributed by atoms with Gasteiger partial charge in [-0.05, 0) is 42.5 Å². The predicted octanol–water partition coefficient (Wildman–Crippen LogP) is 4.13. The van der Waals surface area contributed by atoms with Crippen LogP contribution in [0.3, 0.4) is 0 Å². The molecule has 33 heavy (non-hydrogen) atoms. The zero-order valence-corrected chi connectivity index (χ0v) is 18.6. The number of carbonyl (C=O) groups is 1. The maximum absolute atomic E-state index is 12.4. The molecule has 0 aliphatic rings. The van der Waals surface area contributed by atoms with Crippen LogP contribution in [0, 0.1) is 10.1 Å². The molecular weight excluding hydrogens is 472 g/mol. The molecule has 10 nitrogen and oxygen atoms in total. The number of amides is 1. The first-order valence-electron chi connectivity index (χ1n) is 9.51. The monoisotopic (exact) mass is 490 g/mol. The summed E-state index contributed by atoms with van der Waals surface area (Å²) >= 11 is 6.04. The van der Waals surface area contributed by atoms with Crippen LogP contribution in [0.25, 0.3) is 0 Å². The molecular formula is C21H19ClN4O6S. The van der Waals surface area contributed by atoms with Crippen LogP contribution < -0.4 is 20.5 Å². The molecule has 1 amide bonds. The van der Waals surface area contributed by atoms with Crippen LogP contribution in [-0.4, -0.2) is 25.8 Å². The Kier molecular flexibility index (Phi) is 7.48. The van der Waals surface area contributed by atoms with Gasteiger partial charge in [-0.2, -0.15) is 0 Å². The smallest absolute Gasteiger partial charge is 0.293 e. The summed E-state index contributed by atoms with van der Waals surface area (Å²) in [5.41, 5.74) is -0.0637. The molecule has 0 radical (unpaired) electrons. The summed E-state index contributed by atoms with van der Waals surface area (Å²) in [6.07, 6.45) is -0.0502. The quantitative estimate of drug-likeness (QED) is 0.301. The van der Waals surface area contributed by atoms with Crippen molar-refractivity contribution in [3.8, 4) is 11.5 Å². The van der Waals surface area contributed by atoms with E-state index in [1.807, 2.05) is 18.2 Å². The molecule has 12 heteroatoms. The highest BCUT2D eigenvalue weighted by Gasteiger charge is 2.19. The second kappa shape index (κ2) is 10.3. The summed E-state index contributed by atoms with van der Waals surface area (Å²) in [6.45, 7) is 0.0385. The number of nitrogens with two attached hydrogens (primary N) is 1. The highest BCUT2D eigenvalue weighted by atomic mass is 35.5. The summed E-state index contributed by atoms with van der Waals surface area (Å²) in [5, 5.41) is 22.2. The Bertz CT molecular complexity index is 1290. The molecule has 0 atom stereocenters. The summed E-state index contributed by atoms with van der Waals surface area (Å²) in [5.74, 6) is 0.569. The van der Waals surface area contributed by atoms with Gasteiger partial charge in [0.25, 0.3) is 5.69 Å². The number of anilines is 2. The third kappa shape index (κ3) is 6.65. The summed E-state index contributed by atoms with van der Waals surface area (Å²) < 4.78 is 28.6. The Morgan fingerprint density at radius 2 is 1.79 bits per heavy atom. The highest BCUT2D eigenvalue weighted by Crippen LogP contribution is 2.32. The van der Waals surface area contributed by atoms with Gasteiger partial charge in [0.15, 0.2) is 5.75 Å². The molecule has 4 N–H and O–H groups in total. The van der Waals surface area contributed by atoms with Gasteiger partial charge in [0.05, 0.1) is 15.5 Å². The normalized spacial score (nSPS) is 11.0. The van der Waals surface area contributed by atoms with Gasteiger partial charge in [0.2, 0.25) is 15.9 Å². The van der Waals surface area contributed by atoms with Gasteiger partial charge in [-0.3, -0.25) is 14.9 Å². The van der Waals surface area contributed by atoms with Crippen molar-refractivity contribution in [3.63, 3.8) is 0 Å². The minimum Gasteiger partial charge on any atom is -0.455 e. The van der Waals surface area contributed by atoms with Crippen molar-refractivity contribution in [2.75, 3.05) is 17.2 Å². The molecule has 0 spiro atoms. The van der Waals surface area contributed by atoms with Crippen LogP contribution in [0.15, 0.2) is 71.6 Å². The van der Waals surface area contributed by atoms with Crippen molar-refractivity contribution in [2.45, 2.75) is 11.3 Å². The number of carbonyl (C=O) groups excluding carboxylic acids is 1. The lowest BCUT2D eigenvalue weighted by Crippen LogP contribution is -2.17. The Morgan fingerprint density at radius 1 is 1.06 bits per heavy atom. The molecule has 3 aromatic carbocycles. The summed E-state index contributed by atoms with van der Waals surface area (Å²) in [4.78, 5) is 22.6. The average Bonchev–Trinajstić information content (AvgIpc) is 2.75. The van der Waals surface area contributed by atoms with E-state index < -0.39 is 26.5 Å². The number of rotatable bonds is 9. The van der Waals surface area contributed by atoms with Crippen LogP contribution >= 0.6 is 11.6 Å². The van der Waals surface area contributed by atoms with Gasteiger partial charge in [-0.25, -0.2) is 13.6 Å². The Labute approximate surface area is 194 Å². The second-order valence-electron chi connectivity index (χ2n) is 6.76. The van der Waals surface area contributed by atoms with Crippen molar-refractivity contribution in [3.05, 3.63) is 81.9 Å². The third-order valence-corrected chi connectivity index (χ3v) is 5.49. The van der Waals surface area contributed by atoms with E-state index in [2.05, 4.69) is 10.6 Å². The minimum atomic E-state index is -4.09. The minimum absolute atomic E-state index is 0.0385. The van der Waals surface area contributed by atoms with Crippen LogP contribution in [-0.2, 0) is 14.8 Å². The Balaban J connectivity index is 1.66. The summed E-state index contributed by atoms with van der Waals surface area (Å²) in [6, 6.07) is 17.0. The topological polar surface area (TPSA) is 154 Å². The number of nitrogens with one attached hydrogen (secondary N) is 2. The highest BCUT2D eigenvalue weighted by molar-refractivity contribution is 7.89. The molecule has 0 bridgehead atoms. The van der Waals surface area contributed by atoms with E-state index in [1.165, 1.54) is 6.07 Å². The van der Waals surface area contributed by atoms with E-state index in [9.17, 15) is 23.3 Å². The molecule has 0 heterocycles. The van der Waals surface area contributed by atoms with Gasteiger partial charge in [0.1, 0.15) is 11.4 Å². The first-order chi connectivity index (χ1) is 15.6. The van der Waals surface area contributed by atoms with Crippen LogP contribution in [0.2, 0.25) is 5.02 Å². The van der Waals surface area contributed by atoms with Gasteiger partial charge in [-0.1, -0.05) is 29.8 Å². The first kappa shape index (κ1) is 24.0. The second-order valence-corrected chi connectivity index (χ2v) is 8.76. The fourth-order valence-electron chi connectivity index (χ4n) is 2.82. The number of benzene rings is 3. The van der Waals surface area contributed by atoms with Crippen molar-refractivity contribution < 1.29 is 22.9 Å². The van der Waals surface area contributed by atoms with E-state index in [4.69, 9.17) is 21.5 Å². The lowest BCUT2D eigenvalue weighted by Gasteiger charge is -2.13. The first-order valence-corrected chi connectivity index (χ1v) is 11.4. The number of sulfonamides is 1. The molecule has 0 aliphatic carbocycles. The maximum atomic E-state index is 12.4. The van der Waals surface area contributed by atoms with E-state index in [0.717, 1.165) is 12.1 Å². The number of hydrogen-bond acceptors (Lipinski definition) is 7. The lowest BCUT2D eigenvalue weighted by atomic mass is 10.2. The number of nitrogens with zero attached hydrogens (tertiary/aromatic N) is 1. The van der Waals surface area contributed by atoms with Gasteiger partial charge >= 0.3 is 0 Å². The van der Waals surface area contributed by atoms with E-state index in [-0.39, 0.29) is 23.5 Å². The number of halogens is 1. The number of hydrogen-bond donors (Lipinski definition) is 3. The lowest BCUT2D eigenvalue weighted by molar-refractivity contribution is -0.384. The molecule has 0 unspecified atom stereocenters. The van der Waals surface area contributed by atoms with E-state index >= 15 is 0 Å². The van der Waals surface area contributed by atoms with Gasteiger partial charge < -0.3 is 15.4 Å². The molecule has 0 saturated heterocycles. The van der Waals surface area contributed by atoms with Gasteiger partial charge in [-0.15, -0.1) is 0 Å². The maximum Gasteiger partial charge on any atom is 0.293 e. The molecule has 0 saturated carbocycles. The number of primary sulfonamides is 1. The molecule has 0 aliphatic heterocycles. The van der Waals surface area contributed by atoms with Crippen LogP contribution in [0.5, 0.6) is 11.5 Å². The standard InChI is InChI=1S/C21H19ClN4O6S/c22-14-6-9-20(32-15-4-2-1-3-5-15)18(12-14)25-21(27)10-11-24-17-8-7-16(33(23,30)31)13-19(17)26(28)29/h1-9,12-13,24H,10-11H2,(H,25,27)(H2,23,30,31). The third-order valence-electron chi connectivity index (χ3n) is 4.35. The molecule has 0 fully saturated rings. The van der Waals surface area contributed by atoms with Crippen LogP contribution in [0.1, 0.15) is 6.42 Å². The number of para-hydroxylation sites is 1. The molecule has 172 valence electrons. The van der Waals surface area contributed by atoms with Crippen molar-refractivity contribution in [2.24, 2.45) is 5.14 Å². The SMILES string of the molecule is NS(=O)(=O)c1ccc(NCCC(=O)Nc2cc(Cl)ccc2Oc2ccccc2)c([N+](=O)[O-])c1. The number of nitro benzene ring substituents is 1. The molecule has 3 rings (SSSR count).